The summed E-state index contributed by atoms with van der Waals surface area (Å²) in [6, 6.07) is 5.44. The van der Waals surface area contributed by atoms with Gasteiger partial charge in [-0.1, -0.05) is 13.8 Å². The van der Waals surface area contributed by atoms with Gasteiger partial charge in [0.1, 0.15) is 5.60 Å². The second kappa shape index (κ2) is 8.43. The molecule has 0 spiro atoms. The van der Waals surface area contributed by atoms with Gasteiger partial charge in [0.15, 0.2) is 0 Å². The van der Waals surface area contributed by atoms with Crippen molar-refractivity contribution >= 4 is 23.5 Å². The number of nitrogens with zero attached hydrogens (tertiary/aromatic N) is 1. The molecule has 1 aliphatic rings. The van der Waals surface area contributed by atoms with Crippen molar-refractivity contribution in [2.75, 3.05) is 23.3 Å². The number of anilines is 2. The van der Waals surface area contributed by atoms with Gasteiger partial charge in [-0.3, -0.25) is 4.90 Å². The van der Waals surface area contributed by atoms with Gasteiger partial charge in [-0.05, 0) is 69.7 Å². The van der Waals surface area contributed by atoms with Crippen LogP contribution in [0.4, 0.5) is 21.0 Å². The molecule has 0 radical (unpaired) electrons. The molecule has 0 aliphatic carbocycles. The number of carbonyl (C=O) groups is 2. The van der Waals surface area contributed by atoms with Crippen LogP contribution in [0.3, 0.4) is 0 Å². The van der Waals surface area contributed by atoms with E-state index in [1.807, 2.05) is 39.0 Å². The van der Waals surface area contributed by atoms with Gasteiger partial charge < -0.3 is 15.4 Å². The van der Waals surface area contributed by atoms with Crippen molar-refractivity contribution in [2.24, 2.45) is 5.92 Å². The second-order valence-corrected chi connectivity index (χ2v) is 8.14. The van der Waals surface area contributed by atoms with Crippen LogP contribution >= 0.6 is 0 Å². The predicted molar refractivity (Wildman–Crippen MR) is 105 cm³/mol. The number of nitrogens with one attached hydrogen (secondary N) is 2. The molecule has 1 aliphatic heterocycles. The molecule has 1 aromatic carbocycles. The highest BCUT2D eigenvalue weighted by atomic mass is 16.6. The number of amides is 3. The first-order valence-electron chi connectivity index (χ1n) is 9.34. The van der Waals surface area contributed by atoms with Gasteiger partial charge in [-0.25, -0.2) is 9.59 Å². The molecule has 0 fully saturated rings. The third kappa shape index (κ3) is 5.93. The predicted octanol–water partition coefficient (Wildman–Crippen LogP) is 4.54. The number of fused-ring (bicyclic) bond motifs is 1. The Morgan fingerprint density at radius 3 is 2.65 bits per heavy atom. The highest BCUT2D eigenvalue weighted by Crippen LogP contribution is 2.30. The molecule has 0 saturated heterocycles. The Hall–Kier alpha value is -2.24. The summed E-state index contributed by atoms with van der Waals surface area (Å²) in [5, 5.41) is 5.72. The molecule has 0 aromatic heterocycles. The summed E-state index contributed by atoms with van der Waals surface area (Å²) in [5.41, 5.74) is 2.11. The van der Waals surface area contributed by atoms with Gasteiger partial charge in [0.2, 0.25) is 0 Å². The van der Waals surface area contributed by atoms with Crippen molar-refractivity contribution in [1.82, 2.24) is 5.32 Å². The monoisotopic (exact) mass is 361 g/mol. The van der Waals surface area contributed by atoms with Crippen molar-refractivity contribution in [3.8, 4) is 0 Å². The van der Waals surface area contributed by atoms with Crippen molar-refractivity contribution in [2.45, 2.75) is 59.5 Å². The SMILES string of the molecule is CC(C)CCNC(=O)Nc1ccc2c(c1)CCCN2C(=O)OC(C)(C)C. The highest BCUT2D eigenvalue weighted by molar-refractivity contribution is 5.92. The van der Waals surface area contributed by atoms with Gasteiger partial charge in [-0.2, -0.15) is 0 Å². The van der Waals surface area contributed by atoms with Gasteiger partial charge >= 0.3 is 12.1 Å². The number of rotatable bonds is 4. The zero-order valence-electron chi connectivity index (χ0n) is 16.5. The summed E-state index contributed by atoms with van der Waals surface area (Å²) in [7, 11) is 0. The molecule has 0 atom stereocenters. The van der Waals surface area contributed by atoms with Crippen LogP contribution in [-0.2, 0) is 11.2 Å². The number of hydrogen-bond acceptors (Lipinski definition) is 3. The lowest BCUT2D eigenvalue weighted by Gasteiger charge is -2.32. The lowest BCUT2D eigenvalue weighted by molar-refractivity contribution is 0.0578. The standard InChI is InChI=1S/C20H31N3O3/c1-14(2)10-11-21-18(24)22-16-8-9-17-15(13-16)7-6-12-23(17)19(25)26-20(3,4)5/h8-9,13-14H,6-7,10-12H2,1-5H3,(H2,21,22,24). The van der Waals surface area contributed by atoms with Crippen molar-refractivity contribution in [3.63, 3.8) is 0 Å². The summed E-state index contributed by atoms with van der Waals surface area (Å²) in [4.78, 5) is 26.1. The lowest BCUT2D eigenvalue weighted by atomic mass is 10.0. The van der Waals surface area contributed by atoms with Gasteiger partial charge in [0.25, 0.3) is 0 Å². The summed E-state index contributed by atoms with van der Waals surface area (Å²) in [6.07, 6.45) is 2.36. The molecule has 2 N–H and O–H groups in total. The van der Waals surface area contributed by atoms with E-state index in [1.54, 1.807) is 4.90 Å². The Labute approximate surface area is 156 Å². The first-order valence-corrected chi connectivity index (χ1v) is 9.34. The maximum Gasteiger partial charge on any atom is 0.414 e. The molecule has 6 nitrogen and oxygen atoms in total. The van der Waals surface area contributed by atoms with Crippen LogP contribution in [0.25, 0.3) is 0 Å². The van der Waals surface area contributed by atoms with E-state index < -0.39 is 5.60 Å². The Morgan fingerprint density at radius 2 is 2.00 bits per heavy atom. The molecule has 0 saturated carbocycles. The maximum absolute atomic E-state index is 12.4. The van der Waals surface area contributed by atoms with Crippen LogP contribution < -0.4 is 15.5 Å². The average Bonchev–Trinajstić information content (AvgIpc) is 2.52. The molecule has 6 heteroatoms. The topological polar surface area (TPSA) is 70.7 Å². The highest BCUT2D eigenvalue weighted by Gasteiger charge is 2.27. The van der Waals surface area contributed by atoms with E-state index in [4.69, 9.17) is 4.74 Å². The molecule has 0 bridgehead atoms. The third-order valence-corrected chi connectivity index (χ3v) is 4.08. The minimum Gasteiger partial charge on any atom is -0.443 e. The molecule has 3 amide bonds. The van der Waals surface area contributed by atoms with Gasteiger partial charge in [0.05, 0.1) is 5.69 Å². The lowest BCUT2D eigenvalue weighted by Crippen LogP contribution is -2.39. The van der Waals surface area contributed by atoms with Crippen LogP contribution in [0.15, 0.2) is 18.2 Å². The Balaban J connectivity index is 2.03. The van der Waals surface area contributed by atoms with Crippen molar-refractivity contribution < 1.29 is 14.3 Å². The smallest absolute Gasteiger partial charge is 0.414 e. The quantitative estimate of drug-likeness (QED) is 0.827. The van der Waals surface area contributed by atoms with E-state index in [0.717, 1.165) is 36.2 Å². The fraction of sp³-hybridized carbons (Fsp3) is 0.600. The minimum atomic E-state index is -0.524. The van der Waals surface area contributed by atoms with E-state index in [1.165, 1.54) is 0 Å². The van der Waals surface area contributed by atoms with Crippen molar-refractivity contribution in [1.29, 1.82) is 0 Å². The molecule has 1 aromatic rings. The molecule has 1 heterocycles. The summed E-state index contributed by atoms with van der Waals surface area (Å²) in [5.74, 6) is 0.554. The first kappa shape index (κ1) is 20.1. The van der Waals surface area contributed by atoms with E-state index in [0.29, 0.717) is 19.0 Å². The Morgan fingerprint density at radius 1 is 1.27 bits per heavy atom. The van der Waals surface area contributed by atoms with E-state index in [2.05, 4.69) is 24.5 Å². The summed E-state index contributed by atoms with van der Waals surface area (Å²) in [6.45, 7) is 11.1. The fourth-order valence-electron chi connectivity index (χ4n) is 2.83. The maximum atomic E-state index is 12.4. The molecular weight excluding hydrogens is 330 g/mol. The Bertz CT molecular complexity index is 650. The summed E-state index contributed by atoms with van der Waals surface area (Å²) < 4.78 is 5.50. The molecule has 26 heavy (non-hydrogen) atoms. The second-order valence-electron chi connectivity index (χ2n) is 8.14. The fourth-order valence-corrected chi connectivity index (χ4v) is 2.83. The number of aryl methyl sites for hydroxylation is 1. The normalized spacial score (nSPS) is 14.0. The third-order valence-electron chi connectivity index (χ3n) is 4.08. The zero-order chi connectivity index (χ0) is 19.3. The molecular formula is C20H31N3O3. The number of hydrogen-bond donors (Lipinski definition) is 2. The van der Waals surface area contributed by atoms with Gasteiger partial charge in [0, 0.05) is 18.8 Å². The zero-order valence-corrected chi connectivity index (χ0v) is 16.5. The molecule has 0 unspecified atom stereocenters. The van der Waals surface area contributed by atoms with Crippen molar-refractivity contribution in [3.05, 3.63) is 23.8 Å². The van der Waals surface area contributed by atoms with Crippen LogP contribution in [0.5, 0.6) is 0 Å². The van der Waals surface area contributed by atoms with Crippen LogP contribution in [0.1, 0.15) is 53.0 Å². The number of urea groups is 1. The van der Waals surface area contributed by atoms with E-state index in [9.17, 15) is 9.59 Å². The number of carbonyl (C=O) groups excluding carboxylic acids is 2. The number of benzene rings is 1. The largest absolute Gasteiger partial charge is 0.443 e. The first-order chi connectivity index (χ1) is 12.2. The number of ether oxygens (including phenoxy) is 1. The Kier molecular flexibility index (Phi) is 6.51. The van der Waals surface area contributed by atoms with Crippen LogP contribution in [0.2, 0.25) is 0 Å². The minimum absolute atomic E-state index is 0.203. The van der Waals surface area contributed by atoms with Gasteiger partial charge in [-0.15, -0.1) is 0 Å². The van der Waals surface area contributed by atoms with Crippen LogP contribution in [0, 0.1) is 5.92 Å². The van der Waals surface area contributed by atoms with E-state index >= 15 is 0 Å². The molecule has 2 rings (SSSR count). The summed E-state index contributed by atoms with van der Waals surface area (Å²) >= 11 is 0. The average molecular weight is 361 g/mol. The molecule has 144 valence electrons. The van der Waals surface area contributed by atoms with E-state index in [-0.39, 0.29) is 12.1 Å². The van der Waals surface area contributed by atoms with Crippen LogP contribution in [-0.4, -0.2) is 30.8 Å².